The summed E-state index contributed by atoms with van der Waals surface area (Å²) in [7, 11) is 0. The number of amides is 1. The van der Waals surface area contributed by atoms with Crippen molar-refractivity contribution in [3.05, 3.63) is 110 Å². The molecule has 1 amide bonds. The largest absolute Gasteiger partial charge is 0.336 e. The monoisotopic (exact) mass is 441 g/mol. The molecule has 0 saturated heterocycles. The highest BCUT2D eigenvalue weighted by molar-refractivity contribution is 5.93. The van der Waals surface area contributed by atoms with Crippen molar-refractivity contribution in [2.45, 2.75) is 6.54 Å². The summed E-state index contributed by atoms with van der Waals surface area (Å²) in [6, 6.07) is 12.7. The fourth-order valence-corrected chi connectivity index (χ4v) is 3.38. The molecule has 0 aliphatic heterocycles. The number of fused-ring (bicyclic) bond motifs is 1. The lowest BCUT2D eigenvalue weighted by Gasteiger charge is -2.15. The second-order valence-electron chi connectivity index (χ2n) is 6.88. The number of benzene rings is 3. The van der Waals surface area contributed by atoms with Crippen molar-refractivity contribution in [1.82, 2.24) is 14.6 Å². The predicted molar refractivity (Wildman–Crippen MR) is 108 cm³/mol. The van der Waals surface area contributed by atoms with Crippen LogP contribution in [-0.2, 0) is 6.54 Å². The smallest absolute Gasteiger partial charge is 0.288 e. The van der Waals surface area contributed by atoms with Crippen molar-refractivity contribution < 1.29 is 23.2 Å². The first-order chi connectivity index (χ1) is 15.3. The highest BCUT2D eigenvalue weighted by atomic mass is 19.2. The standard InChI is InChI=1S/C22H14F3N3O4/c23-15-9-17(25)19(10-16(15)24)28-21(30)14-3-1-2-4-18(14)27(22(28)31)11-12-5-7-13(8-6-12)20(29)26-32/h1-10,32H,11H2,(H,26,29). The van der Waals surface area contributed by atoms with Gasteiger partial charge in [-0.15, -0.1) is 0 Å². The Morgan fingerprint density at radius 2 is 1.56 bits per heavy atom. The molecule has 4 aromatic rings. The van der Waals surface area contributed by atoms with Gasteiger partial charge < -0.3 is 0 Å². The normalized spacial score (nSPS) is 11.0. The van der Waals surface area contributed by atoms with Gasteiger partial charge in [0.25, 0.3) is 11.5 Å². The maximum atomic E-state index is 14.4. The maximum absolute atomic E-state index is 14.4. The molecule has 1 aromatic heterocycles. The van der Waals surface area contributed by atoms with E-state index in [1.165, 1.54) is 46.4 Å². The predicted octanol–water partition coefficient (Wildman–Crippen LogP) is 2.74. The van der Waals surface area contributed by atoms with Crippen LogP contribution in [0.5, 0.6) is 0 Å². The van der Waals surface area contributed by atoms with Crippen molar-refractivity contribution in [2.24, 2.45) is 0 Å². The van der Waals surface area contributed by atoms with Crippen molar-refractivity contribution >= 4 is 16.8 Å². The molecule has 0 aliphatic rings. The Kier molecular flexibility index (Phi) is 5.37. The third-order valence-corrected chi connectivity index (χ3v) is 4.94. The SMILES string of the molecule is O=C(NO)c1ccc(Cn2c(=O)n(-c3cc(F)c(F)cc3F)c(=O)c3ccccc32)cc1. The van der Waals surface area contributed by atoms with E-state index in [-0.39, 0.29) is 29.1 Å². The van der Waals surface area contributed by atoms with Gasteiger partial charge in [0, 0.05) is 17.7 Å². The average Bonchev–Trinajstić information content (AvgIpc) is 2.80. The van der Waals surface area contributed by atoms with Gasteiger partial charge in [-0.3, -0.25) is 19.4 Å². The van der Waals surface area contributed by atoms with Gasteiger partial charge in [-0.05, 0) is 29.8 Å². The minimum atomic E-state index is -1.45. The molecule has 1 heterocycles. The number of hydroxylamine groups is 1. The summed E-state index contributed by atoms with van der Waals surface area (Å²) in [5.41, 5.74) is -0.0977. The first-order valence-electron chi connectivity index (χ1n) is 9.24. The van der Waals surface area contributed by atoms with Crippen LogP contribution in [0.3, 0.4) is 0 Å². The Morgan fingerprint density at radius 3 is 2.25 bits per heavy atom. The van der Waals surface area contributed by atoms with Gasteiger partial charge in [0.05, 0.1) is 23.1 Å². The van der Waals surface area contributed by atoms with Gasteiger partial charge in [0.15, 0.2) is 17.5 Å². The van der Waals surface area contributed by atoms with Gasteiger partial charge in [0.2, 0.25) is 0 Å². The number of hydrogen-bond acceptors (Lipinski definition) is 4. The summed E-state index contributed by atoms with van der Waals surface area (Å²) < 4.78 is 43.2. The Labute approximate surface area is 177 Å². The Morgan fingerprint density at radius 1 is 0.906 bits per heavy atom. The summed E-state index contributed by atoms with van der Waals surface area (Å²) in [5.74, 6) is -4.86. The van der Waals surface area contributed by atoms with E-state index in [1.54, 1.807) is 12.1 Å². The number of nitrogens with one attached hydrogen (secondary N) is 1. The van der Waals surface area contributed by atoms with Crippen molar-refractivity contribution in [2.75, 3.05) is 0 Å². The zero-order chi connectivity index (χ0) is 23.0. The molecule has 0 aliphatic carbocycles. The second kappa shape index (κ2) is 8.16. The van der Waals surface area contributed by atoms with Gasteiger partial charge in [-0.1, -0.05) is 24.3 Å². The molecule has 7 nitrogen and oxygen atoms in total. The van der Waals surface area contributed by atoms with Crippen LogP contribution >= 0.6 is 0 Å². The van der Waals surface area contributed by atoms with Crippen molar-refractivity contribution in [1.29, 1.82) is 0 Å². The quantitative estimate of drug-likeness (QED) is 0.289. The number of para-hydroxylation sites is 1. The highest BCUT2D eigenvalue weighted by Gasteiger charge is 2.19. The van der Waals surface area contributed by atoms with Gasteiger partial charge in [-0.2, -0.15) is 0 Å². The molecule has 0 unspecified atom stereocenters. The van der Waals surface area contributed by atoms with Crippen LogP contribution in [0.2, 0.25) is 0 Å². The molecule has 32 heavy (non-hydrogen) atoms. The van der Waals surface area contributed by atoms with Gasteiger partial charge in [0.1, 0.15) is 0 Å². The Bertz CT molecular complexity index is 1480. The number of aromatic nitrogens is 2. The summed E-state index contributed by atoms with van der Waals surface area (Å²) in [6.07, 6.45) is 0. The number of nitrogens with zero attached hydrogens (tertiary/aromatic N) is 2. The molecular weight excluding hydrogens is 427 g/mol. The highest BCUT2D eigenvalue weighted by Crippen LogP contribution is 2.17. The van der Waals surface area contributed by atoms with Crippen LogP contribution in [-0.4, -0.2) is 20.2 Å². The average molecular weight is 441 g/mol. The molecule has 0 spiro atoms. The third-order valence-electron chi connectivity index (χ3n) is 4.94. The molecule has 0 bridgehead atoms. The first-order valence-corrected chi connectivity index (χ1v) is 9.24. The zero-order valence-electron chi connectivity index (χ0n) is 16.2. The van der Waals surface area contributed by atoms with E-state index in [0.717, 1.165) is 0 Å². The van der Waals surface area contributed by atoms with E-state index in [2.05, 4.69) is 0 Å². The number of carbonyl (C=O) groups excluding carboxylic acids is 1. The molecule has 10 heteroatoms. The van der Waals surface area contributed by atoms with E-state index in [0.29, 0.717) is 16.2 Å². The van der Waals surface area contributed by atoms with Crippen molar-refractivity contribution in [3.8, 4) is 5.69 Å². The topological polar surface area (TPSA) is 93.3 Å². The van der Waals surface area contributed by atoms with Crippen LogP contribution in [0, 0.1) is 17.5 Å². The molecule has 162 valence electrons. The first kappa shape index (κ1) is 21.1. The lowest BCUT2D eigenvalue weighted by atomic mass is 10.1. The number of rotatable bonds is 4. The molecule has 0 saturated carbocycles. The number of carbonyl (C=O) groups is 1. The lowest BCUT2D eigenvalue weighted by molar-refractivity contribution is 0.0706. The second-order valence-corrected chi connectivity index (χ2v) is 6.88. The Hall–Kier alpha value is -4.18. The van der Waals surface area contributed by atoms with Crippen LogP contribution in [0.25, 0.3) is 16.6 Å². The van der Waals surface area contributed by atoms with Gasteiger partial charge in [-0.25, -0.2) is 28.0 Å². The van der Waals surface area contributed by atoms with E-state index < -0.39 is 40.3 Å². The summed E-state index contributed by atoms with van der Waals surface area (Å²) in [6.45, 7) is -0.0774. The molecule has 3 aromatic carbocycles. The fourth-order valence-electron chi connectivity index (χ4n) is 3.38. The Balaban J connectivity index is 1.94. The molecule has 0 radical (unpaired) electrons. The van der Waals surface area contributed by atoms with Gasteiger partial charge >= 0.3 is 5.69 Å². The summed E-state index contributed by atoms with van der Waals surface area (Å²) >= 11 is 0. The molecule has 0 fully saturated rings. The molecule has 2 N–H and O–H groups in total. The number of halogens is 3. The number of hydrogen-bond donors (Lipinski definition) is 2. The van der Waals surface area contributed by atoms with Crippen LogP contribution in [0.15, 0.2) is 70.3 Å². The lowest BCUT2D eigenvalue weighted by Crippen LogP contribution is -2.39. The minimum absolute atomic E-state index is 0.0625. The third kappa shape index (κ3) is 3.56. The molecule has 0 atom stereocenters. The van der Waals surface area contributed by atoms with Crippen molar-refractivity contribution in [3.63, 3.8) is 0 Å². The van der Waals surface area contributed by atoms with Crippen LogP contribution in [0.1, 0.15) is 15.9 Å². The van der Waals surface area contributed by atoms with E-state index in [1.807, 2.05) is 0 Å². The van der Waals surface area contributed by atoms with Crippen LogP contribution < -0.4 is 16.7 Å². The summed E-state index contributed by atoms with van der Waals surface area (Å²) in [5, 5.41) is 8.78. The maximum Gasteiger partial charge on any atom is 0.336 e. The molecule has 4 rings (SSSR count). The zero-order valence-corrected chi connectivity index (χ0v) is 16.2. The fraction of sp³-hybridized carbons (Fsp3) is 0.0455. The van der Waals surface area contributed by atoms with E-state index in [9.17, 15) is 27.6 Å². The van der Waals surface area contributed by atoms with E-state index >= 15 is 0 Å². The summed E-state index contributed by atoms with van der Waals surface area (Å²) in [4.78, 5) is 37.7. The minimum Gasteiger partial charge on any atom is -0.288 e. The van der Waals surface area contributed by atoms with Crippen LogP contribution in [0.4, 0.5) is 13.2 Å². The van der Waals surface area contributed by atoms with E-state index in [4.69, 9.17) is 5.21 Å². The molecular formula is C22H14F3N3O4.